The van der Waals surface area contributed by atoms with Crippen LogP contribution in [0.3, 0.4) is 0 Å². The minimum atomic E-state index is -0.203. The fraction of sp³-hybridized carbons (Fsp3) is 0.350. The minimum absolute atomic E-state index is 0.131. The fourth-order valence-corrected chi connectivity index (χ4v) is 2.67. The predicted octanol–water partition coefficient (Wildman–Crippen LogP) is 3.25. The number of carbonyl (C=O) groups excluding carboxylic acids is 1. The summed E-state index contributed by atoms with van der Waals surface area (Å²) in [6.45, 7) is 4.77. The lowest BCUT2D eigenvalue weighted by molar-refractivity contribution is -0.132. The van der Waals surface area contributed by atoms with Crippen LogP contribution in [-0.2, 0) is 17.8 Å². The highest BCUT2D eigenvalue weighted by Crippen LogP contribution is 2.09. The summed E-state index contributed by atoms with van der Waals surface area (Å²) in [5.74, 6) is 0.131. The first-order valence-corrected chi connectivity index (χ1v) is 8.15. The molecule has 23 heavy (non-hydrogen) atoms. The monoisotopic (exact) mass is 310 g/mol. The zero-order valence-electron chi connectivity index (χ0n) is 14.2. The molecule has 0 aromatic heterocycles. The third-order valence-electron chi connectivity index (χ3n) is 3.75. The Hall–Kier alpha value is -2.13. The van der Waals surface area contributed by atoms with Crippen molar-refractivity contribution >= 4 is 5.91 Å². The van der Waals surface area contributed by atoms with Crippen molar-refractivity contribution in [3.63, 3.8) is 0 Å². The SMILES string of the molecule is CC(C)N[C@@H](Cc1ccccc1)C(=O)N(C)Cc1ccccc1. The van der Waals surface area contributed by atoms with E-state index in [1.54, 1.807) is 4.90 Å². The third kappa shape index (κ3) is 5.53. The van der Waals surface area contributed by atoms with E-state index in [0.29, 0.717) is 13.0 Å². The van der Waals surface area contributed by atoms with Gasteiger partial charge in [-0.25, -0.2) is 0 Å². The first-order valence-electron chi connectivity index (χ1n) is 8.15. The van der Waals surface area contributed by atoms with Gasteiger partial charge in [0.2, 0.25) is 5.91 Å². The van der Waals surface area contributed by atoms with Gasteiger partial charge in [-0.15, -0.1) is 0 Å². The Morgan fingerprint density at radius 3 is 2.00 bits per heavy atom. The molecule has 3 heteroatoms. The second-order valence-corrected chi connectivity index (χ2v) is 6.24. The van der Waals surface area contributed by atoms with Crippen LogP contribution in [-0.4, -0.2) is 29.9 Å². The molecule has 0 fully saturated rings. The number of carbonyl (C=O) groups is 1. The molecule has 122 valence electrons. The van der Waals surface area contributed by atoms with Crippen molar-refractivity contribution in [2.75, 3.05) is 7.05 Å². The Balaban J connectivity index is 2.06. The summed E-state index contributed by atoms with van der Waals surface area (Å²) >= 11 is 0. The molecule has 0 radical (unpaired) electrons. The van der Waals surface area contributed by atoms with Gasteiger partial charge in [0, 0.05) is 19.6 Å². The standard InChI is InChI=1S/C20H26N2O/c1-16(2)21-19(14-17-10-6-4-7-11-17)20(23)22(3)15-18-12-8-5-9-13-18/h4-13,16,19,21H,14-15H2,1-3H3/t19-/m0/s1. The second-order valence-electron chi connectivity index (χ2n) is 6.24. The molecule has 0 saturated carbocycles. The van der Waals surface area contributed by atoms with Gasteiger partial charge in [-0.2, -0.15) is 0 Å². The van der Waals surface area contributed by atoms with E-state index in [1.165, 1.54) is 5.56 Å². The highest BCUT2D eigenvalue weighted by Gasteiger charge is 2.23. The molecule has 1 amide bonds. The van der Waals surface area contributed by atoms with Crippen LogP contribution in [0.15, 0.2) is 60.7 Å². The van der Waals surface area contributed by atoms with Gasteiger partial charge >= 0.3 is 0 Å². The maximum absolute atomic E-state index is 12.9. The molecule has 0 saturated heterocycles. The molecule has 0 spiro atoms. The van der Waals surface area contributed by atoms with Gasteiger partial charge in [0.1, 0.15) is 0 Å². The first-order chi connectivity index (χ1) is 11.1. The van der Waals surface area contributed by atoms with Crippen molar-refractivity contribution < 1.29 is 4.79 Å². The molecule has 2 rings (SSSR count). The Labute approximate surface area is 139 Å². The summed E-state index contributed by atoms with van der Waals surface area (Å²) in [6.07, 6.45) is 0.705. The summed E-state index contributed by atoms with van der Waals surface area (Å²) in [6, 6.07) is 20.3. The first kappa shape index (κ1) is 17.2. The maximum Gasteiger partial charge on any atom is 0.240 e. The van der Waals surface area contributed by atoms with Crippen molar-refractivity contribution in [3.05, 3.63) is 71.8 Å². The molecule has 0 aliphatic heterocycles. The zero-order valence-corrected chi connectivity index (χ0v) is 14.2. The van der Waals surface area contributed by atoms with E-state index >= 15 is 0 Å². The van der Waals surface area contributed by atoms with Crippen LogP contribution in [0.25, 0.3) is 0 Å². The molecular weight excluding hydrogens is 284 g/mol. The van der Waals surface area contributed by atoms with E-state index in [-0.39, 0.29) is 18.0 Å². The summed E-state index contributed by atoms with van der Waals surface area (Å²) in [7, 11) is 1.87. The van der Waals surface area contributed by atoms with E-state index < -0.39 is 0 Å². The summed E-state index contributed by atoms with van der Waals surface area (Å²) in [5, 5.41) is 3.40. The Morgan fingerprint density at radius 2 is 1.48 bits per heavy atom. The fourth-order valence-electron chi connectivity index (χ4n) is 2.67. The lowest BCUT2D eigenvalue weighted by Gasteiger charge is -2.26. The Kier molecular flexibility index (Phi) is 6.36. The van der Waals surface area contributed by atoms with Crippen LogP contribution in [0.2, 0.25) is 0 Å². The summed E-state index contributed by atoms with van der Waals surface area (Å²) < 4.78 is 0. The minimum Gasteiger partial charge on any atom is -0.340 e. The predicted molar refractivity (Wildman–Crippen MR) is 95.1 cm³/mol. The van der Waals surface area contributed by atoms with Crippen LogP contribution in [0.4, 0.5) is 0 Å². The van der Waals surface area contributed by atoms with Gasteiger partial charge in [-0.3, -0.25) is 4.79 Å². The number of benzene rings is 2. The normalized spacial score (nSPS) is 12.2. The third-order valence-corrected chi connectivity index (χ3v) is 3.75. The topological polar surface area (TPSA) is 32.3 Å². The van der Waals surface area contributed by atoms with Gasteiger partial charge in [-0.1, -0.05) is 74.5 Å². The van der Waals surface area contributed by atoms with Crippen LogP contribution in [0.5, 0.6) is 0 Å². The molecule has 0 unspecified atom stereocenters. The van der Waals surface area contributed by atoms with Gasteiger partial charge in [-0.05, 0) is 17.5 Å². The molecule has 1 N–H and O–H groups in total. The number of rotatable bonds is 7. The van der Waals surface area contributed by atoms with Crippen LogP contribution in [0, 0.1) is 0 Å². The second kappa shape index (κ2) is 8.49. The molecule has 0 aliphatic rings. The van der Waals surface area contributed by atoms with E-state index in [0.717, 1.165) is 5.56 Å². The lowest BCUT2D eigenvalue weighted by Crippen LogP contribution is -2.48. The van der Waals surface area contributed by atoms with Gasteiger partial charge < -0.3 is 10.2 Å². The number of amides is 1. The van der Waals surface area contributed by atoms with Crippen molar-refractivity contribution in [2.45, 2.75) is 38.9 Å². The zero-order chi connectivity index (χ0) is 16.7. The van der Waals surface area contributed by atoms with Crippen molar-refractivity contribution in [1.29, 1.82) is 0 Å². The quantitative estimate of drug-likeness (QED) is 0.851. The van der Waals surface area contributed by atoms with Crippen LogP contribution in [0.1, 0.15) is 25.0 Å². The number of likely N-dealkylation sites (N-methyl/N-ethyl adjacent to an activating group) is 1. The molecule has 0 aliphatic carbocycles. The van der Waals surface area contributed by atoms with E-state index in [1.807, 2.05) is 55.6 Å². The Morgan fingerprint density at radius 1 is 0.957 bits per heavy atom. The summed E-state index contributed by atoms with van der Waals surface area (Å²) in [5.41, 5.74) is 2.32. The molecular formula is C20H26N2O. The lowest BCUT2D eigenvalue weighted by atomic mass is 10.0. The molecule has 2 aromatic carbocycles. The highest BCUT2D eigenvalue weighted by molar-refractivity contribution is 5.82. The summed E-state index contributed by atoms with van der Waals surface area (Å²) in [4.78, 5) is 14.7. The van der Waals surface area contributed by atoms with Gasteiger partial charge in [0.05, 0.1) is 6.04 Å². The molecule has 0 heterocycles. The number of hydrogen-bond acceptors (Lipinski definition) is 2. The smallest absolute Gasteiger partial charge is 0.240 e. The highest BCUT2D eigenvalue weighted by atomic mass is 16.2. The van der Waals surface area contributed by atoms with E-state index in [9.17, 15) is 4.79 Å². The molecule has 3 nitrogen and oxygen atoms in total. The number of hydrogen-bond donors (Lipinski definition) is 1. The van der Waals surface area contributed by atoms with Crippen molar-refractivity contribution in [1.82, 2.24) is 10.2 Å². The van der Waals surface area contributed by atoms with Crippen LogP contribution < -0.4 is 5.32 Å². The largest absolute Gasteiger partial charge is 0.340 e. The van der Waals surface area contributed by atoms with Crippen LogP contribution >= 0.6 is 0 Å². The maximum atomic E-state index is 12.9. The van der Waals surface area contributed by atoms with Gasteiger partial charge in [0.15, 0.2) is 0 Å². The van der Waals surface area contributed by atoms with E-state index in [4.69, 9.17) is 0 Å². The van der Waals surface area contributed by atoms with Crippen molar-refractivity contribution in [3.8, 4) is 0 Å². The van der Waals surface area contributed by atoms with E-state index in [2.05, 4.69) is 31.3 Å². The van der Waals surface area contributed by atoms with Gasteiger partial charge in [0.25, 0.3) is 0 Å². The van der Waals surface area contributed by atoms with Crippen molar-refractivity contribution in [2.24, 2.45) is 0 Å². The molecule has 0 bridgehead atoms. The average molecular weight is 310 g/mol. The number of nitrogens with zero attached hydrogens (tertiary/aromatic N) is 1. The molecule has 1 atom stereocenters. The Bertz CT molecular complexity index is 596. The average Bonchev–Trinajstić information content (AvgIpc) is 2.55. The molecule has 2 aromatic rings. The number of nitrogens with one attached hydrogen (secondary N) is 1.